The van der Waals surface area contributed by atoms with Gasteiger partial charge in [-0.2, -0.15) is 0 Å². The molecule has 1 aromatic rings. The van der Waals surface area contributed by atoms with Gasteiger partial charge in [0.15, 0.2) is 0 Å². The fourth-order valence-corrected chi connectivity index (χ4v) is 1.92. The van der Waals surface area contributed by atoms with E-state index < -0.39 is 11.9 Å². The third kappa shape index (κ3) is 5.41. The summed E-state index contributed by atoms with van der Waals surface area (Å²) in [6.45, 7) is 4.71. The summed E-state index contributed by atoms with van der Waals surface area (Å²) in [4.78, 5) is 30.6. The van der Waals surface area contributed by atoms with Gasteiger partial charge in [0.2, 0.25) is 0 Å². The van der Waals surface area contributed by atoms with Crippen molar-refractivity contribution in [1.29, 1.82) is 0 Å². The minimum Gasteiger partial charge on any atom is -0.481 e. The predicted molar refractivity (Wildman–Crippen MR) is 80.0 cm³/mol. The van der Waals surface area contributed by atoms with E-state index in [0.717, 1.165) is 5.69 Å². The highest BCUT2D eigenvalue weighted by Crippen LogP contribution is 2.05. The van der Waals surface area contributed by atoms with Crippen molar-refractivity contribution in [2.45, 2.75) is 20.3 Å². The summed E-state index contributed by atoms with van der Waals surface area (Å²) in [7, 11) is 1.72. The van der Waals surface area contributed by atoms with Crippen LogP contribution in [0.1, 0.15) is 19.5 Å². The normalized spacial score (nSPS) is 11.8. The molecule has 1 unspecified atom stereocenters. The van der Waals surface area contributed by atoms with Crippen molar-refractivity contribution in [2.24, 2.45) is 5.92 Å². The molecule has 6 heteroatoms. The summed E-state index contributed by atoms with van der Waals surface area (Å²) in [6.07, 6.45) is 2.40. The number of carboxylic acid groups (broad SMARTS) is 1. The van der Waals surface area contributed by atoms with Crippen LogP contribution >= 0.6 is 0 Å². The molecule has 0 spiro atoms. The summed E-state index contributed by atoms with van der Waals surface area (Å²) >= 11 is 0. The number of likely N-dealkylation sites (N-methyl/N-ethyl adjacent to an activating group) is 1. The van der Waals surface area contributed by atoms with E-state index in [2.05, 4.69) is 4.98 Å². The highest BCUT2D eigenvalue weighted by molar-refractivity contribution is 5.75. The summed E-state index contributed by atoms with van der Waals surface area (Å²) in [6, 6.07) is 5.53. The number of hydrogen-bond acceptors (Lipinski definition) is 3. The Balaban J connectivity index is 2.52. The molecule has 1 heterocycles. The zero-order valence-corrected chi connectivity index (χ0v) is 12.8. The lowest BCUT2D eigenvalue weighted by Gasteiger charge is -2.28. The number of aromatic nitrogens is 1. The Morgan fingerprint density at radius 2 is 2.10 bits per heavy atom. The molecular weight excluding hydrogens is 270 g/mol. The molecule has 6 nitrogen and oxygen atoms in total. The van der Waals surface area contributed by atoms with Gasteiger partial charge >= 0.3 is 12.0 Å². The highest BCUT2D eigenvalue weighted by Gasteiger charge is 2.21. The maximum atomic E-state index is 12.3. The van der Waals surface area contributed by atoms with Crippen LogP contribution in [-0.2, 0) is 11.2 Å². The number of rotatable bonds is 7. The summed E-state index contributed by atoms with van der Waals surface area (Å²) in [5.74, 6) is -1.46. The molecule has 0 fully saturated rings. The first kappa shape index (κ1) is 16.9. The molecule has 0 aliphatic heterocycles. The molecule has 1 aromatic heterocycles. The lowest BCUT2D eigenvalue weighted by Crippen LogP contribution is -2.44. The van der Waals surface area contributed by atoms with Gasteiger partial charge in [0.1, 0.15) is 0 Å². The fourth-order valence-electron chi connectivity index (χ4n) is 1.92. The molecule has 1 atom stereocenters. The second-order valence-corrected chi connectivity index (χ2v) is 5.05. The third-order valence-corrected chi connectivity index (χ3v) is 3.32. The number of nitrogens with zero attached hydrogens (tertiary/aromatic N) is 3. The van der Waals surface area contributed by atoms with Gasteiger partial charge in [-0.3, -0.25) is 9.78 Å². The van der Waals surface area contributed by atoms with Crippen LogP contribution in [0.3, 0.4) is 0 Å². The SMILES string of the molecule is CCN(CC(C)C(=O)O)C(=O)N(C)CCc1ccccn1. The number of aliphatic carboxylic acids is 1. The number of carbonyl (C=O) groups excluding carboxylic acids is 1. The summed E-state index contributed by atoms with van der Waals surface area (Å²) < 4.78 is 0. The molecule has 116 valence electrons. The van der Waals surface area contributed by atoms with Crippen molar-refractivity contribution in [1.82, 2.24) is 14.8 Å². The number of amides is 2. The van der Waals surface area contributed by atoms with Crippen molar-refractivity contribution >= 4 is 12.0 Å². The van der Waals surface area contributed by atoms with E-state index in [-0.39, 0.29) is 12.6 Å². The molecule has 2 amide bonds. The number of carboxylic acids is 1. The van der Waals surface area contributed by atoms with Gasteiger partial charge in [-0.15, -0.1) is 0 Å². The average Bonchev–Trinajstić information content (AvgIpc) is 2.50. The first-order chi connectivity index (χ1) is 9.95. The lowest BCUT2D eigenvalue weighted by atomic mass is 10.2. The Bertz CT molecular complexity index is 464. The maximum Gasteiger partial charge on any atom is 0.319 e. The van der Waals surface area contributed by atoms with Crippen LogP contribution in [0.4, 0.5) is 4.79 Å². The molecule has 0 saturated heterocycles. The van der Waals surface area contributed by atoms with Crippen molar-refractivity contribution in [3.05, 3.63) is 30.1 Å². The van der Waals surface area contributed by atoms with Gasteiger partial charge < -0.3 is 14.9 Å². The zero-order chi connectivity index (χ0) is 15.8. The lowest BCUT2D eigenvalue weighted by molar-refractivity contribution is -0.141. The average molecular weight is 293 g/mol. The minimum absolute atomic E-state index is 0.151. The Morgan fingerprint density at radius 3 is 2.62 bits per heavy atom. The van der Waals surface area contributed by atoms with Crippen molar-refractivity contribution < 1.29 is 14.7 Å². The van der Waals surface area contributed by atoms with E-state index in [1.807, 2.05) is 25.1 Å². The van der Waals surface area contributed by atoms with Crippen LogP contribution in [0, 0.1) is 5.92 Å². The van der Waals surface area contributed by atoms with E-state index in [1.165, 1.54) is 0 Å². The second-order valence-electron chi connectivity index (χ2n) is 5.05. The van der Waals surface area contributed by atoms with Crippen LogP contribution in [0.2, 0.25) is 0 Å². The Kier molecular flexibility index (Phi) is 6.65. The first-order valence-corrected chi connectivity index (χ1v) is 7.08. The molecule has 1 rings (SSSR count). The number of carbonyl (C=O) groups is 2. The molecule has 0 bridgehead atoms. The van der Waals surface area contributed by atoms with Crippen LogP contribution in [-0.4, -0.2) is 58.6 Å². The number of pyridine rings is 1. The van der Waals surface area contributed by atoms with Gasteiger partial charge in [0.05, 0.1) is 5.92 Å². The van der Waals surface area contributed by atoms with E-state index in [9.17, 15) is 9.59 Å². The van der Waals surface area contributed by atoms with Gasteiger partial charge in [0, 0.05) is 45.0 Å². The van der Waals surface area contributed by atoms with Gasteiger partial charge in [-0.05, 0) is 19.1 Å². The van der Waals surface area contributed by atoms with E-state index in [1.54, 1.807) is 30.0 Å². The molecule has 21 heavy (non-hydrogen) atoms. The molecule has 0 aliphatic rings. The molecule has 0 aliphatic carbocycles. The van der Waals surface area contributed by atoms with Gasteiger partial charge in [0.25, 0.3) is 0 Å². The third-order valence-electron chi connectivity index (χ3n) is 3.32. The second kappa shape index (κ2) is 8.24. The van der Waals surface area contributed by atoms with Crippen molar-refractivity contribution in [3.8, 4) is 0 Å². The number of hydrogen-bond donors (Lipinski definition) is 1. The standard InChI is InChI=1S/C15H23N3O3/c1-4-18(11-12(2)14(19)20)15(21)17(3)10-8-13-7-5-6-9-16-13/h5-7,9,12H,4,8,10-11H2,1-3H3,(H,19,20). The largest absolute Gasteiger partial charge is 0.481 e. The van der Waals surface area contributed by atoms with Crippen LogP contribution in [0.25, 0.3) is 0 Å². The van der Waals surface area contributed by atoms with E-state index in [0.29, 0.717) is 19.5 Å². The first-order valence-electron chi connectivity index (χ1n) is 7.08. The smallest absolute Gasteiger partial charge is 0.319 e. The van der Waals surface area contributed by atoms with Crippen LogP contribution in [0.15, 0.2) is 24.4 Å². The van der Waals surface area contributed by atoms with Crippen molar-refractivity contribution in [2.75, 3.05) is 26.7 Å². The number of urea groups is 1. The van der Waals surface area contributed by atoms with Crippen molar-refractivity contribution in [3.63, 3.8) is 0 Å². The molecular formula is C15H23N3O3. The molecule has 0 radical (unpaired) electrons. The molecule has 0 aromatic carbocycles. The minimum atomic E-state index is -0.891. The Labute approximate surface area is 125 Å². The Hall–Kier alpha value is -2.11. The summed E-state index contributed by atoms with van der Waals surface area (Å²) in [5.41, 5.74) is 0.930. The fraction of sp³-hybridized carbons (Fsp3) is 0.533. The molecule has 0 saturated carbocycles. The summed E-state index contributed by atoms with van der Waals surface area (Å²) in [5, 5.41) is 8.94. The quantitative estimate of drug-likeness (QED) is 0.830. The van der Waals surface area contributed by atoms with E-state index in [4.69, 9.17) is 5.11 Å². The predicted octanol–water partition coefficient (Wildman–Crippen LogP) is 1.72. The monoisotopic (exact) mass is 293 g/mol. The van der Waals surface area contributed by atoms with Crippen LogP contribution in [0.5, 0.6) is 0 Å². The zero-order valence-electron chi connectivity index (χ0n) is 12.8. The van der Waals surface area contributed by atoms with Gasteiger partial charge in [-0.25, -0.2) is 4.79 Å². The highest BCUT2D eigenvalue weighted by atomic mass is 16.4. The van der Waals surface area contributed by atoms with Gasteiger partial charge in [-0.1, -0.05) is 13.0 Å². The van der Waals surface area contributed by atoms with E-state index >= 15 is 0 Å². The topological polar surface area (TPSA) is 73.7 Å². The molecule has 1 N–H and O–H groups in total. The van der Waals surface area contributed by atoms with Crippen LogP contribution < -0.4 is 0 Å². The maximum absolute atomic E-state index is 12.3. The Morgan fingerprint density at radius 1 is 1.38 bits per heavy atom.